The van der Waals surface area contributed by atoms with Crippen LogP contribution in [0, 0.1) is 13.8 Å². The highest BCUT2D eigenvalue weighted by Gasteiger charge is 2.20. The molecule has 8 nitrogen and oxygen atoms in total. The predicted molar refractivity (Wildman–Crippen MR) is 111 cm³/mol. The van der Waals surface area contributed by atoms with Crippen LogP contribution in [0.2, 0.25) is 0 Å². The number of carbonyl (C=O) groups is 1. The van der Waals surface area contributed by atoms with Gasteiger partial charge in [0, 0.05) is 35.2 Å². The van der Waals surface area contributed by atoms with Gasteiger partial charge in [0.1, 0.15) is 0 Å². The topological polar surface area (TPSA) is 102 Å². The molecule has 3 aromatic rings. The Morgan fingerprint density at radius 2 is 2.21 bits per heavy atom. The maximum Gasteiger partial charge on any atom is 0.254 e. The third-order valence-electron chi connectivity index (χ3n) is 4.51. The Kier molecular flexibility index (Phi) is 6.73. The number of methoxy groups -OCH3 is 1. The monoisotopic (exact) mass is 415 g/mol. The lowest BCUT2D eigenvalue weighted by Crippen LogP contribution is -2.32. The minimum Gasteiger partial charge on any atom is -0.391 e. The van der Waals surface area contributed by atoms with Gasteiger partial charge in [0.2, 0.25) is 0 Å². The molecule has 2 N–H and O–H groups in total. The highest BCUT2D eigenvalue weighted by atomic mass is 32.1. The van der Waals surface area contributed by atoms with Crippen molar-refractivity contribution < 1.29 is 14.6 Å². The van der Waals surface area contributed by atoms with Gasteiger partial charge in [-0.3, -0.25) is 4.79 Å². The summed E-state index contributed by atoms with van der Waals surface area (Å²) >= 11 is 1.72. The lowest BCUT2D eigenvalue weighted by atomic mass is 10.2. The minimum absolute atomic E-state index is 0.170. The molecular weight excluding hydrogens is 390 g/mol. The van der Waals surface area contributed by atoms with E-state index in [1.165, 1.54) is 20.6 Å². The van der Waals surface area contributed by atoms with E-state index >= 15 is 0 Å². The first-order valence-corrected chi connectivity index (χ1v) is 10.2. The fourth-order valence-electron chi connectivity index (χ4n) is 2.95. The summed E-state index contributed by atoms with van der Waals surface area (Å²) in [6.07, 6.45) is 3.13. The number of ether oxygens (including phenoxy) is 1. The second-order valence-electron chi connectivity index (χ2n) is 6.69. The van der Waals surface area contributed by atoms with Crippen molar-refractivity contribution in [2.24, 2.45) is 0 Å². The van der Waals surface area contributed by atoms with E-state index in [9.17, 15) is 9.90 Å². The number of aromatic nitrogens is 4. The first-order valence-electron chi connectivity index (χ1n) is 9.37. The van der Waals surface area contributed by atoms with Crippen molar-refractivity contribution in [3.8, 4) is 17.2 Å². The Labute approximate surface area is 173 Å². The second-order valence-corrected chi connectivity index (χ2v) is 8.15. The summed E-state index contributed by atoms with van der Waals surface area (Å²) < 4.78 is 6.80. The summed E-state index contributed by atoms with van der Waals surface area (Å²) in [5.41, 5.74) is 2.77. The van der Waals surface area contributed by atoms with Crippen LogP contribution in [0.1, 0.15) is 39.2 Å². The van der Waals surface area contributed by atoms with E-state index in [0.29, 0.717) is 23.6 Å². The molecule has 1 amide bonds. The van der Waals surface area contributed by atoms with Crippen LogP contribution in [0.25, 0.3) is 17.2 Å². The fourth-order valence-corrected chi connectivity index (χ4v) is 3.88. The van der Waals surface area contributed by atoms with Crippen molar-refractivity contribution in [2.45, 2.75) is 39.9 Å². The van der Waals surface area contributed by atoms with Gasteiger partial charge in [-0.25, -0.2) is 9.97 Å². The molecule has 0 spiro atoms. The largest absolute Gasteiger partial charge is 0.391 e. The Hall–Kier alpha value is -2.62. The van der Waals surface area contributed by atoms with Crippen molar-refractivity contribution >= 4 is 17.2 Å². The third-order valence-corrected chi connectivity index (χ3v) is 5.48. The molecule has 0 radical (unpaired) electrons. The minimum atomic E-state index is -0.586. The molecule has 0 saturated carbocycles. The van der Waals surface area contributed by atoms with Gasteiger partial charge in [0.15, 0.2) is 0 Å². The van der Waals surface area contributed by atoms with Crippen LogP contribution >= 0.6 is 11.3 Å². The van der Waals surface area contributed by atoms with E-state index in [-0.39, 0.29) is 19.1 Å². The lowest BCUT2D eigenvalue weighted by Gasteiger charge is -2.11. The number of rotatable bonds is 8. The molecule has 3 aromatic heterocycles. The molecule has 29 heavy (non-hydrogen) atoms. The standard InChI is InChI=1S/C20H25N5O3S/c1-5-14(26)9-22-19(27)16-10-23-25(18(16)11-28-4)20-21-7-6-17(24-20)15-8-12(2)29-13(15)3/h6-8,10,14,26H,5,9,11H2,1-4H3,(H,22,27). The molecule has 0 bridgehead atoms. The van der Waals surface area contributed by atoms with Crippen LogP contribution in [0.5, 0.6) is 0 Å². The average Bonchev–Trinajstić information content (AvgIpc) is 3.28. The van der Waals surface area contributed by atoms with Gasteiger partial charge in [-0.05, 0) is 32.4 Å². The molecular formula is C20H25N5O3S. The maximum atomic E-state index is 12.6. The molecule has 3 heterocycles. The molecule has 0 aliphatic carbocycles. The van der Waals surface area contributed by atoms with Crippen LogP contribution in [-0.4, -0.2) is 50.5 Å². The number of nitrogens with zero attached hydrogens (tertiary/aromatic N) is 4. The summed E-state index contributed by atoms with van der Waals surface area (Å²) in [6.45, 7) is 6.32. The van der Waals surface area contributed by atoms with Crippen LogP contribution in [0.15, 0.2) is 24.5 Å². The highest BCUT2D eigenvalue weighted by molar-refractivity contribution is 7.12. The van der Waals surface area contributed by atoms with E-state index in [0.717, 1.165) is 11.3 Å². The van der Waals surface area contributed by atoms with Crippen LogP contribution < -0.4 is 5.32 Å². The molecule has 0 aromatic carbocycles. The Morgan fingerprint density at radius 3 is 2.86 bits per heavy atom. The zero-order valence-corrected chi connectivity index (χ0v) is 17.8. The summed E-state index contributed by atoms with van der Waals surface area (Å²) in [5, 5.41) is 16.7. The summed E-state index contributed by atoms with van der Waals surface area (Å²) in [4.78, 5) is 24.0. The predicted octanol–water partition coefficient (Wildman–Crippen LogP) is 2.65. The SMILES string of the molecule is CCC(O)CNC(=O)c1cnn(-c2nccc(-c3cc(C)sc3C)n2)c1COC. The number of hydrogen-bond acceptors (Lipinski definition) is 7. The molecule has 0 fully saturated rings. The molecule has 1 unspecified atom stereocenters. The first kappa shape index (κ1) is 21.1. The maximum absolute atomic E-state index is 12.6. The van der Waals surface area contributed by atoms with E-state index in [1.807, 2.05) is 13.0 Å². The van der Waals surface area contributed by atoms with E-state index in [4.69, 9.17) is 4.74 Å². The van der Waals surface area contributed by atoms with E-state index < -0.39 is 6.10 Å². The van der Waals surface area contributed by atoms with Crippen molar-refractivity contribution in [1.82, 2.24) is 25.1 Å². The van der Waals surface area contributed by atoms with E-state index in [2.05, 4.69) is 40.3 Å². The Morgan fingerprint density at radius 1 is 1.41 bits per heavy atom. The number of amides is 1. The zero-order chi connectivity index (χ0) is 21.0. The number of hydrogen-bond donors (Lipinski definition) is 2. The number of aliphatic hydroxyl groups excluding tert-OH is 1. The Balaban J connectivity index is 1.95. The number of aryl methyl sites for hydroxylation is 2. The summed E-state index contributed by atoms with van der Waals surface area (Å²) in [6, 6.07) is 3.96. The molecule has 1 atom stereocenters. The van der Waals surface area contributed by atoms with Gasteiger partial charge in [-0.2, -0.15) is 9.78 Å². The number of nitrogens with one attached hydrogen (secondary N) is 1. The van der Waals surface area contributed by atoms with Crippen LogP contribution in [0.4, 0.5) is 0 Å². The number of aliphatic hydroxyl groups is 1. The van der Waals surface area contributed by atoms with Gasteiger partial charge < -0.3 is 15.2 Å². The van der Waals surface area contributed by atoms with Crippen molar-refractivity contribution in [3.63, 3.8) is 0 Å². The first-order chi connectivity index (χ1) is 13.9. The van der Waals surface area contributed by atoms with E-state index in [1.54, 1.807) is 24.6 Å². The normalized spacial score (nSPS) is 12.2. The molecule has 154 valence electrons. The van der Waals surface area contributed by atoms with Gasteiger partial charge in [-0.1, -0.05) is 6.92 Å². The van der Waals surface area contributed by atoms with Gasteiger partial charge in [0.25, 0.3) is 11.9 Å². The summed E-state index contributed by atoms with van der Waals surface area (Å²) in [5.74, 6) is 0.0432. The number of carbonyl (C=O) groups excluding carboxylic acids is 1. The lowest BCUT2D eigenvalue weighted by molar-refractivity contribution is 0.0909. The van der Waals surface area contributed by atoms with Crippen molar-refractivity contribution in [2.75, 3.05) is 13.7 Å². The molecule has 0 aliphatic rings. The van der Waals surface area contributed by atoms with Crippen molar-refractivity contribution in [1.29, 1.82) is 0 Å². The van der Waals surface area contributed by atoms with Gasteiger partial charge >= 0.3 is 0 Å². The van der Waals surface area contributed by atoms with Crippen LogP contribution in [-0.2, 0) is 11.3 Å². The van der Waals surface area contributed by atoms with Crippen LogP contribution in [0.3, 0.4) is 0 Å². The van der Waals surface area contributed by atoms with Crippen molar-refractivity contribution in [3.05, 3.63) is 45.5 Å². The molecule has 0 saturated heterocycles. The average molecular weight is 416 g/mol. The molecule has 0 aliphatic heterocycles. The van der Waals surface area contributed by atoms with Gasteiger partial charge in [-0.15, -0.1) is 11.3 Å². The number of thiophene rings is 1. The smallest absolute Gasteiger partial charge is 0.254 e. The fraction of sp³-hybridized carbons (Fsp3) is 0.400. The quantitative estimate of drug-likeness (QED) is 0.586. The molecule has 3 rings (SSSR count). The highest BCUT2D eigenvalue weighted by Crippen LogP contribution is 2.29. The third kappa shape index (κ3) is 4.69. The van der Waals surface area contributed by atoms with Gasteiger partial charge in [0.05, 0.1) is 35.9 Å². The summed E-state index contributed by atoms with van der Waals surface area (Å²) in [7, 11) is 1.55. The second kappa shape index (κ2) is 9.25. The molecule has 9 heteroatoms. The Bertz CT molecular complexity index is 998. The zero-order valence-electron chi connectivity index (χ0n) is 17.0.